The van der Waals surface area contributed by atoms with Crippen LogP contribution in [0.25, 0.3) is 55.7 Å². The van der Waals surface area contributed by atoms with Crippen LogP contribution in [0.3, 0.4) is 0 Å². The maximum atomic E-state index is 14.6. The number of hydrogen-bond acceptors (Lipinski definition) is 8. The van der Waals surface area contributed by atoms with Crippen molar-refractivity contribution in [1.82, 2.24) is 39.8 Å². The number of aromatic amines is 2. The number of nitrogens with zero attached hydrogens (tertiary/aromatic N) is 5. The van der Waals surface area contributed by atoms with Crippen LogP contribution in [-0.4, -0.2) is 76.3 Å². The van der Waals surface area contributed by atoms with Gasteiger partial charge in [-0.3, -0.25) is 19.9 Å². The van der Waals surface area contributed by atoms with Crippen molar-refractivity contribution in [3.05, 3.63) is 78.6 Å². The van der Waals surface area contributed by atoms with E-state index in [0.717, 1.165) is 22.7 Å². The van der Waals surface area contributed by atoms with Gasteiger partial charge >= 0.3 is 0 Å². The first-order valence-electron chi connectivity index (χ1n) is 13.5. The summed E-state index contributed by atoms with van der Waals surface area (Å²) < 4.78 is 40.1. The molecule has 0 atom stereocenters. The monoisotopic (exact) mass is 613 g/mol. The predicted molar refractivity (Wildman–Crippen MR) is 166 cm³/mol. The van der Waals surface area contributed by atoms with Crippen molar-refractivity contribution >= 4 is 43.6 Å². The standard InChI is InChI=1S/C30H28FN9O3S/c1-40(2)16-28(41)35-21-9-19(12-32-13-21)24-4-5-25-29(37-24)30(39-38-25)26-10-22-23(14-33-15-27(22)36-26)18-6-17(7-20(31)8-18)11-34-44(3,42)43/h4-10,12-15,34,36H,11,16H2,1-3H3,(H,35,41)(H,38,39). The Morgan fingerprint density at radius 3 is 2.59 bits per heavy atom. The normalized spacial score (nSPS) is 11.9. The number of anilines is 1. The molecular formula is C30H28FN9O3S. The van der Waals surface area contributed by atoms with Crippen molar-refractivity contribution in [1.29, 1.82) is 0 Å². The number of aromatic nitrogens is 6. The molecule has 224 valence electrons. The number of rotatable bonds is 9. The molecule has 0 spiro atoms. The Bertz CT molecular complexity index is 2140. The van der Waals surface area contributed by atoms with Gasteiger partial charge in [-0.25, -0.2) is 22.5 Å². The Kier molecular flexibility index (Phi) is 7.63. The summed E-state index contributed by atoms with van der Waals surface area (Å²) in [4.78, 5) is 30.9. The number of benzene rings is 1. The zero-order valence-corrected chi connectivity index (χ0v) is 24.8. The van der Waals surface area contributed by atoms with E-state index in [1.807, 2.05) is 38.4 Å². The molecule has 5 heterocycles. The van der Waals surface area contributed by atoms with Crippen LogP contribution in [0.4, 0.5) is 10.1 Å². The van der Waals surface area contributed by atoms with Crippen LogP contribution < -0.4 is 10.0 Å². The van der Waals surface area contributed by atoms with Crippen LogP contribution in [0.1, 0.15) is 5.56 Å². The Labute approximate surface area is 251 Å². The van der Waals surface area contributed by atoms with Gasteiger partial charge in [0.1, 0.15) is 17.0 Å². The Morgan fingerprint density at radius 2 is 1.80 bits per heavy atom. The van der Waals surface area contributed by atoms with Gasteiger partial charge in [0.05, 0.1) is 53.3 Å². The highest BCUT2D eigenvalue weighted by Crippen LogP contribution is 2.34. The molecule has 0 radical (unpaired) electrons. The van der Waals surface area contributed by atoms with E-state index < -0.39 is 15.8 Å². The summed E-state index contributed by atoms with van der Waals surface area (Å²) >= 11 is 0. The van der Waals surface area contributed by atoms with Crippen LogP contribution in [0.2, 0.25) is 0 Å². The summed E-state index contributed by atoms with van der Waals surface area (Å²) in [5.41, 5.74) is 6.90. The van der Waals surface area contributed by atoms with E-state index in [4.69, 9.17) is 4.98 Å². The minimum absolute atomic E-state index is 0.0421. The zero-order valence-electron chi connectivity index (χ0n) is 24.0. The van der Waals surface area contributed by atoms with Gasteiger partial charge in [0.2, 0.25) is 15.9 Å². The number of H-pyrrole nitrogens is 2. The van der Waals surface area contributed by atoms with E-state index in [2.05, 4.69) is 35.2 Å². The zero-order chi connectivity index (χ0) is 31.0. The predicted octanol–water partition coefficient (Wildman–Crippen LogP) is 3.92. The fraction of sp³-hybridized carbons (Fsp3) is 0.167. The van der Waals surface area contributed by atoms with E-state index in [9.17, 15) is 17.6 Å². The first-order chi connectivity index (χ1) is 21.0. The van der Waals surface area contributed by atoms with Gasteiger partial charge in [-0.05, 0) is 67.7 Å². The number of sulfonamides is 1. The smallest absolute Gasteiger partial charge is 0.238 e. The molecule has 44 heavy (non-hydrogen) atoms. The molecule has 1 aromatic carbocycles. The number of hydrogen-bond donors (Lipinski definition) is 4. The summed E-state index contributed by atoms with van der Waals surface area (Å²) in [5.74, 6) is -0.645. The minimum atomic E-state index is -3.45. The number of pyridine rings is 3. The number of carbonyl (C=O) groups excluding carboxylic acids is 1. The van der Waals surface area contributed by atoms with Crippen molar-refractivity contribution < 1.29 is 17.6 Å². The summed E-state index contributed by atoms with van der Waals surface area (Å²) in [7, 11) is 0.193. The van der Waals surface area contributed by atoms with Gasteiger partial charge in [0.15, 0.2) is 0 Å². The average Bonchev–Trinajstić information content (AvgIpc) is 3.59. The Hall–Kier alpha value is -5.05. The van der Waals surface area contributed by atoms with Crippen molar-refractivity contribution in [2.75, 3.05) is 32.2 Å². The molecule has 0 saturated carbocycles. The van der Waals surface area contributed by atoms with E-state index >= 15 is 0 Å². The Balaban J connectivity index is 1.36. The van der Waals surface area contributed by atoms with Gasteiger partial charge in [-0.2, -0.15) is 5.10 Å². The third-order valence-electron chi connectivity index (χ3n) is 6.79. The molecule has 0 unspecified atom stereocenters. The molecule has 0 fully saturated rings. The topological polar surface area (TPSA) is 162 Å². The molecule has 14 heteroatoms. The minimum Gasteiger partial charge on any atom is -0.352 e. The quantitative estimate of drug-likeness (QED) is 0.191. The lowest BCUT2D eigenvalue weighted by atomic mass is 10.0. The third-order valence-corrected chi connectivity index (χ3v) is 7.46. The fourth-order valence-electron chi connectivity index (χ4n) is 4.91. The number of halogens is 1. The molecule has 6 rings (SSSR count). The van der Waals surface area contributed by atoms with Crippen molar-refractivity contribution in [3.8, 4) is 33.8 Å². The summed E-state index contributed by atoms with van der Waals surface area (Å²) in [6.45, 7) is 0.203. The molecule has 5 aromatic heterocycles. The lowest BCUT2D eigenvalue weighted by molar-refractivity contribution is -0.116. The fourth-order valence-corrected chi connectivity index (χ4v) is 5.34. The summed E-state index contributed by atoms with van der Waals surface area (Å²) in [6.07, 6.45) is 7.62. The molecule has 12 nitrogen and oxygen atoms in total. The SMILES string of the molecule is CN(C)CC(=O)Nc1cncc(-c2ccc3[nH]nc(-c4cc5c(-c6cc(F)cc(CNS(C)(=O)=O)c6)cncc5[nH]4)c3n2)c1. The van der Waals surface area contributed by atoms with Crippen LogP contribution >= 0.6 is 0 Å². The van der Waals surface area contributed by atoms with Gasteiger partial charge in [-0.15, -0.1) is 0 Å². The number of nitrogens with one attached hydrogen (secondary N) is 4. The first kappa shape index (κ1) is 29.0. The van der Waals surface area contributed by atoms with Crippen molar-refractivity contribution in [3.63, 3.8) is 0 Å². The molecule has 6 aromatic rings. The van der Waals surface area contributed by atoms with Crippen molar-refractivity contribution in [2.45, 2.75) is 6.54 Å². The van der Waals surface area contributed by atoms with Crippen molar-refractivity contribution in [2.24, 2.45) is 0 Å². The molecule has 0 saturated heterocycles. The number of likely N-dealkylation sites (N-methyl/N-ethyl adjacent to an activating group) is 1. The second-order valence-electron chi connectivity index (χ2n) is 10.7. The highest BCUT2D eigenvalue weighted by atomic mass is 32.2. The molecular weight excluding hydrogens is 585 g/mol. The summed E-state index contributed by atoms with van der Waals surface area (Å²) in [6, 6.07) is 11.8. The van der Waals surface area contributed by atoms with Gasteiger partial charge in [0.25, 0.3) is 0 Å². The number of fused-ring (bicyclic) bond motifs is 2. The van der Waals surface area contributed by atoms with E-state index in [0.29, 0.717) is 50.5 Å². The molecule has 0 aliphatic carbocycles. The van der Waals surface area contributed by atoms with Gasteiger partial charge < -0.3 is 15.2 Å². The molecule has 0 bridgehead atoms. The maximum absolute atomic E-state index is 14.6. The number of carbonyl (C=O) groups is 1. The first-order valence-corrected chi connectivity index (χ1v) is 15.4. The van der Waals surface area contributed by atoms with E-state index in [1.165, 1.54) is 12.1 Å². The van der Waals surface area contributed by atoms with Gasteiger partial charge in [-0.1, -0.05) is 0 Å². The van der Waals surface area contributed by atoms with E-state index in [-0.39, 0.29) is 19.0 Å². The molecule has 1 amide bonds. The van der Waals surface area contributed by atoms with Crippen LogP contribution in [0.15, 0.2) is 67.3 Å². The van der Waals surface area contributed by atoms with Crippen LogP contribution in [0.5, 0.6) is 0 Å². The summed E-state index contributed by atoms with van der Waals surface area (Å²) in [5, 5.41) is 11.2. The van der Waals surface area contributed by atoms with E-state index in [1.54, 1.807) is 35.8 Å². The Morgan fingerprint density at radius 1 is 0.977 bits per heavy atom. The van der Waals surface area contributed by atoms with Crippen LogP contribution in [-0.2, 0) is 21.4 Å². The van der Waals surface area contributed by atoms with Gasteiger partial charge in [0, 0.05) is 35.5 Å². The number of amides is 1. The van der Waals surface area contributed by atoms with Crippen LogP contribution in [0, 0.1) is 5.82 Å². The highest BCUT2D eigenvalue weighted by Gasteiger charge is 2.17. The molecule has 0 aliphatic rings. The highest BCUT2D eigenvalue weighted by molar-refractivity contribution is 7.88. The maximum Gasteiger partial charge on any atom is 0.238 e. The molecule has 0 aliphatic heterocycles. The lowest BCUT2D eigenvalue weighted by Gasteiger charge is -2.10. The molecule has 4 N–H and O–H groups in total. The largest absolute Gasteiger partial charge is 0.352 e. The third kappa shape index (κ3) is 6.32. The second-order valence-corrected chi connectivity index (χ2v) is 12.5. The average molecular weight is 614 g/mol. The lowest BCUT2D eigenvalue weighted by Crippen LogP contribution is -2.27. The second kappa shape index (κ2) is 11.6.